The van der Waals surface area contributed by atoms with Crippen molar-refractivity contribution < 1.29 is 14.3 Å². The van der Waals surface area contributed by atoms with Gasteiger partial charge < -0.3 is 10.1 Å². The van der Waals surface area contributed by atoms with Crippen molar-refractivity contribution in [2.75, 3.05) is 18.6 Å². The molecule has 1 unspecified atom stereocenters. The van der Waals surface area contributed by atoms with Crippen LogP contribution in [0, 0.1) is 0 Å². The fourth-order valence-corrected chi connectivity index (χ4v) is 2.23. The summed E-state index contributed by atoms with van der Waals surface area (Å²) in [4.78, 5) is 23.8. The molecule has 0 radical (unpaired) electrons. The van der Waals surface area contributed by atoms with Gasteiger partial charge in [-0.1, -0.05) is 30.3 Å². The minimum atomic E-state index is -0.557. The minimum Gasteiger partial charge on any atom is -0.464 e. The number of benzene rings is 1. The Bertz CT molecular complexity index is 422. The van der Waals surface area contributed by atoms with Gasteiger partial charge in [0.05, 0.1) is 13.0 Å². The molecule has 0 bridgehead atoms. The predicted octanol–water partition coefficient (Wildman–Crippen LogP) is 2.03. The number of carbonyl (C=O) groups is 2. The van der Waals surface area contributed by atoms with E-state index in [1.54, 1.807) is 18.7 Å². The summed E-state index contributed by atoms with van der Waals surface area (Å²) in [5.41, 5.74) is 0.928. The molecule has 1 aromatic rings. The molecule has 0 aliphatic rings. The summed E-state index contributed by atoms with van der Waals surface area (Å²) in [5, 5.41) is 2.76. The van der Waals surface area contributed by atoms with E-state index in [-0.39, 0.29) is 18.3 Å². The second-order valence-corrected chi connectivity index (χ2v) is 5.30. The molecule has 0 aromatic heterocycles. The largest absolute Gasteiger partial charge is 0.464 e. The Morgan fingerprint density at radius 2 is 2.00 bits per heavy atom. The van der Waals surface area contributed by atoms with E-state index in [1.807, 2.05) is 36.6 Å². The summed E-state index contributed by atoms with van der Waals surface area (Å²) < 4.78 is 4.99. The lowest BCUT2D eigenvalue weighted by atomic mass is 10.1. The predicted molar refractivity (Wildman–Crippen MR) is 81.7 cm³/mol. The van der Waals surface area contributed by atoms with E-state index in [9.17, 15) is 9.59 Å². The SMILES string of the molecule is CCOC(=O)C(CCSC)NC(=O)Cc1ccccc1. The van der Waals surface area contributed by atoms with E-state index in [0.29, 0.717) is 13.0 Å². The molecule has 1 N–H and O–H groups in total. The Balaban J connectivity index is 2.54. The summed E-state index contributed by atoms with van der Waals surface area (Å²) in [6, 6.07) is 8.90. The average molecular weight is 295 g/mol. The maximum absolute atomic E-state index is 12.0. The number of thioether (sulfide) groups is 1. The number of rotatable bonds is 8. The highest BCUT2D eigenvalue weighted by molar-refractivity contribution is 7.98. The molecule has 0 spiro atoms. The highest BCUT2D eigenvalue weighted by Gasteiger charge is 2.21. The number of carbonyl (C=O) groups excluding carboxylic acids is 2. The molecule has 1 atom stereocenters. The van der Waals surface area contributed by atoms with Gasteiger partial charge >= 0.3 is 5.97 Å². The van der Waals surface area contributed by atoms with E-state index in [1.165, 1.54) is 0 Å². The fourth-order valence-electron chi connectivity index (χ4n) is 1.75. The fraction of sp³-hybridized carbons (Fsp3) is 0.467. The van der Waals surface area contributed by atoms with E-state index in [4.69, 9.17) is 4.74 Å². The number of amides is 1. The first kappa shape index (κ1) is 16.6. The number of ether oxygens (including phenoxy) is 1. The highest BCUT2D eigenvalue weighted by atomic mass is 32.2. The molecule has 0 aliphatic heterocycles. The molecule has 20 heavy (non-hydrogen) atoms. The van der Waals surface area contributed by atoms with Gasteiger partial charge in [0.25, 0.3) is 0 Å². The molecule has 1 rings (SSSR count). The number of hydrogen-bond donors (Lipinski definition) is 1. The lowest BCUT2D eigenvalue weighted by molar-refractivity contribution is -0.147. The van der Waals surface area contributed by atoms with Gasteiger partial charge in [-0.25, -0.2) is 4.79 Å². The van der Waals surface area contributed by atoms with Gasteiger partial charge in [0.15, 0.2) is 0 Å². The Kier molecular flexibility index (Phi) is 7.80. The second kappa shape index (κ2) is 9.42. The topological polar surface area (TPSA) is 55.4 Å². The molecule has 0 saturated heterocycles. The van der Waals surface area contributed by atoms with Crippen LogP contribution in [0.2, 0.25) is 0 Å². The van der Waals surface area contributed by atoms with Crippen LogP contribution in [-0.2, 0) is 20.7 Å². The molecular formula is C15H21NO3S. The van der Waals surface area contributed by atoms with Crippen molar-refractivity contribution in [2.24, 2.45) is 0 Å². The van der Waals surface area contributed by atoms with E-state index < -0.39 is 6.04 Å². The van der Waals surface area contributed by atoms with E-state index in [2.05, 4.69) is 5.32 Å². The zero-order valence-corrected chi connectivity index (χ0v) is 12.7. The number of nitrogens with one attached hydrogen (secondary N) is 1. The van der Waals surface area contributed by atoms with Crippen LogP contribution in [0.3, 0.4) is 0 Å². The lowest BCUT2D eigenvalue weighted by Gasteiger charge is -2.16. The van der Waals surface area contributed by atoms with Gasteiger partial charge in [-0.3, -0.25) is 4.79 Å². The molecule has 5 heteroatoms. The van der Waals surface area contributed by atoms with Gasteiger partial charge in [0.1, 0.15) is 6.04 Å². The standard InChI is InChI=1S/C15H21NO3S/c1-3-19-15(18)13(9-10-20-2)16-14(17)11-12-7-5-4-6-8-12/h4-8,13H,3,9-11H2,1-2H3,(H,16,17). The van der Waals surface area contributed by atoms with Crippen LogP contribution >= 0.6 is 11.8 Å². The van der Waals surface area contributed by atoms with Crippen molar-refractivity contribution >= 4 is 23.6 Å². The Morgan fingerprint density at radius 3 is 2.60 bits per heavy atom. The second-order valence-electron chi connectivity index (χ2n) is 4.32. The molecule has 1 amide bonds. The third-order valence-corrected chi connectivity index (χ3v) is 3.37. The van der Waals surface area contributed by atoms with Crippen LogP contribution in [0.15, 0.2) is 30.3 Å². The van der Waals surface area contributed by atoms with Crippen molar-refractivity contribution in [1.29, 1.82) is 0 Å². The Labute approximate surface area is 124 Å². The quantitative estimate of drug-likeness (QED) is 0.746. The zero-order chi connectivity index (χ0) is 14.8. The normalized spacial score (nSPS) is 11.7. The van der Waals surface area contributed by atoms with Crippen LogP contribution in [0.1, 0.15) is 18.9 Å². The number of hydrogen-bond acceptors (Lipinski definition) is 4. The van der Waals surface area contributed by atoms with Crippen LogP contribution in [0.25, 0.3) is 0 Å². The monoisotopic (exact) mass is 295 g/mol. The summed E-state index contributed by atoms with van der Waals surface area (Å²) in [6.45, 7) is 2.08. The lowest BCUT2D eigenvalue weighted by Crippen LogP contribution is -2.43. The molecule has 0 heterocycles. The number of esters is 1. The summed E-state index contributed by atoms with van der Waals surface area (Å²) in [6.07, 6.45) is 2.82. The van der Waals surface area contributed by atoms with Crippen LogP contribution in [0.5, 0.6) is 0 Å². The maximum Gasteiger partial charge on any atom is 0.328 e. The van der Waals surface area contributed by atoms with Gasteiger partial charge in [-0.2, -0.15) is 11.8 Å². The van der Waals surface area contributed by atoms with Crippen molar-refractivity contribution in [3.8, 4) is 0 Å². The molecular weight excluding hydrogens is 274 g/mol. The third-order valence-electron chi connectivity index (χ3n) is 2.72. The Morgan fingerprint density at radius 1 is 1.30 bits per heavy atom. The molecule has 1 aromatic carbocycles. The summed E-state index contributed by atoms with van der Waals surface area (Å²) in [7, 11) is 0. The third kappa shape index (κ3) is 6.10. The smallest absolute Gasteiger partial charge is 0.328 e. The zero-order valence-electron chi connectivity index (χ0n) is 11.9. The molecule has 0 fully saturated rings. The maximum atomic E-state index is 12.0. The van der Waals surface area contributed by atoms with E-state index >= 15 is 0 Å². The van der Waals surface area contributed by atoms with Crippen LogP contribution < -0.4 is 5.32 Å². The molecule has 110 valence electrons. The van der Waals surface area contributed by atoms with Crippen LogP contribution in [0.4, 0.5) is 0 Å². The van der Waals surface area contributed by atoms with Crippen molar-refractivity contribution in [2.45, 2.75) is 25.8 Å². The average Bonchev–Trinajstić information content (AvgIpc) is 2.44. The summed E-state index contributed by atoms with van der Waals surface area (Å²) in [5.74, 6) is 0.285. The van der Waals surface area contributed by atoms with Crippen molar-refractivity contribution in [1.82, 2.24) is 5.32 Å². The van der Waals surface area contributed by atoms with Gasteiger partial charge in [0, 0.05) is 0 Å². The molecule has 0 aliphatic carbocycles. The summed E-state index contributed by atoms with van der Waals surface area (Å²) >= 11 is 1.64. The minimum absolute atomic E-state index is 0.157. The van der Waals surface area contributed by atoms with Gasteiger partial charge in [-0.05, 0) is 30.9 Å². The van der Waals surface area contributed by atoms with Crippen molar-refractivity contribution in [3.63, 3.8) is 0 Å². The first-order chi connectivity index (χ1) is 9.67. The highest BCUT2D eigenvalue weighted by Crippen LogP contribution is 2.05. The van der Waals surface area contributed by atoms with Gasteiger partial charge in [0.2, 0.25) is 5.91 Å². The van der Waals surface area contributed by atoms with Crippen LogP contribution in [-0.4, -0.2) is 36.5 Å². The van der Waals surface area contributed by atoms with E-state index in [0.717, 1.165) is 11.3 Å². The first-order valence-electron chi connectivity index (χ1n) is 6.66. The van der Waals surface area contributed by atoms with Gasteiger partial charge in [-0.15, -0.1) is 0 Å². The Hall–Kier alpha value is -1.49. The molecule has 4 nitrogen and oxygen atoms in total. The first-order valence-corrected chi connectivity index (χ1v) is 8.05. The van der Waals surface area contributed by atoms with Crippen molar-refractivity contribution in [3.05, 3.63) is 35.9 Å². The molecule has 0 saturated carbocycles.